The molecule has 1 aliphatic carbocycles. The Morgan fingerprint density at radius 2 is 1.69 bits per heavy atom. The van der Waals surface area contributed by atoms with Gasteiger partial charge in [0.25, 0.3) is 5.91 Å². The zero-order chi connectivity index (χ0) is 23.0. The van der Waals surface area contributed by atoms with Gasteiger partial charge < -0.3 is 19.0 Å². The fourth-order valence-corrected chi connectivity index (χ4v) is 4.06. The largest absolute Gasteiger partial charge is 0.444 e. The van der Waals surface area contributed by atoms with Gasteiger partial charge in [0.2, 0.25) is 0 Å². The van der Waals surface area contributed by atoms with E-state index in [9.17, 15) is 18.4 Å². The van der Waals surface area contributed by atoms with Gasteiger partial charge in [-0.1, -0.05) is 0 Å². The number of nitrogens with zero attached hydrogens (tertiary/aromatic N) is 3. The molecular formula is C23H27F2N3O4. The lowest BCUT2D eigenvalue weighted by atomic mass is 10.0. The first-order valence-electron chi connectivity index (χ1n) is 10.8. The number of carbonyl (C=O) groups excluding carboxylic acids is 2. The monoisotopic (exact) mass is 447 g/mol. The zero-order valence-corrected chi connectivity index (χ0v) is 18.4. The Kier molecular flexibility index (Phi) is 5.92. The number of halogens is 2. The van der Waals surface area contributed by atoms with Crippen LogP contribution >= 0.6 is 0 Å². The van der Waals surface area contributed by atoms with E-state index in [1.807, 2.05) is 20.8 Å². The van der Waals surface area contributed by atoms with Crippen LogP contribution in [0.15, 0.2) is 29.1 Å². The molecule has 0 unspecified atom stereocenters. The Labute approximate surface area is 185 Å². The summed E-state index contributed by atoms with van der Waals surface area (Å²) in [5.74, 6) is -2.18. The molecule has 1 aromatic carbocycles. The van der Waals surface area contributed by atoms with Crippen molar-refractivity contribution in [2.75, 3.05) is 13.1 Å². The van der Waals surface area contributed by atoms with Gasteiger partial charge in [-0.3, -0.25) is 4.79 Å². The summed E-state index contributed by atoms with van der Waals surface area (Å²) >= 11 is 0. The molecule has 7 nitrogen and oxygen atoms in total. The first-order valence-corrected chi connectivity index (χ1v) is 10.8. The van der Waals surface area contributed by atoms with Crippen LogP contribution in [-0.4, -0.2) is 57.6 Å². The van der Waals surface area contributed by atoms with E-state index in [2.05, 4.69) is 4.98 Å². The lowest BCUT2D eigenvalue weighted by molar-refractivity contribution is 0.0142. The zero-order valence-electron chi connectivity index (χ0n) is 18.4. The van der Waals surface area contributed by atoms with Crippen LogP contribution in [0, 0.1) is 11.6 Å². The van der Waals surface area contributed by atoms with Crippen molar-refractivity contribution >= 4 is 12.0 Å². The molecule has 9 heteroatoms. The summed E-state index contributed by atoms with van der Waals surface area (Å²) in [6.07, 6.45) is 4.83. The molecule has 2 heterocycles. The number of benzene rings is 1. The standard InChI is InChI=1S/C23H27F2N3O4/c1-23(2,3)32-22(30)27-8-6-16(7-9-27)28(15-4-5-15)21(29)14-10-17(24)20(18(25)11-14)19-12-26-13-31-19/h10-13,15-16H,4-9H2,1-3H3. The summed E-state index contributed by atoms with van der Waals surface area (Å²) in [5, 5.41) is 0. The highest BCUT2D eigenvalue weighted by molar-refractivity contribution is 5.95. The number of aromatic nitrogens is 1. The van der Waals surface area contributed by atoms with Crippen LogP contribution in [0.3, 0.4) is 0 Å². The third-order valence-corrected chi connectivity index (χ3v) is 5.65. The molecule has 172 valence electrons. The molecule has 2 fully saturated rings. The van der Waals surface area contributed by atoms with Crippen molar-refractivity contribution in [2.45, 2.75) is 64.1 Å². The Hall–Kier alpha value is -2.97. The van der Waals surface area contributed by atoms with Crippen LogP contribution in [0.25, 0.3) is 11.3 Å². The molecule has 1 aromatic heterocycles. The predicted octanol–water partition coefficient (Wildman–Crippen LogP) is 4.62. The van der Waals surface area contributed by atoms with Gasteiger partial charge in [-0.15, -0.1) is 0 Å². The predicted molar refractivity (Wildman–Crippen MR) is 112 cm³/mol. The van der Waals surface area contributed by atoms with Crippen molar-refractivity contribution in [3.8, 4) is 11.3 Å². The van der Waals surface area contributed by atoms with Gasteiger partial charge in [-0.25, -0.2) is 18.6 Å². The van der Waals surface area contributed by atoms with Crippen molar-refractivity contribution in [3.63, 3.8) is 0 Å². The van der Waals surface area contributed by atoms with Crippen LogP contribution in [0.4, 0.5) is 13.6 Å². The van der Waals surface area contributed by atoms with Gasteiger partial charge in [0.1, 0.15) is 17.2 Å². The molecule has 0 spiro atoms. The van der Waals surface area contributed by atoms with E-state index in [1.165, 1.54) is 6.20 Å². The summed E-state index contributed by atoms with van der Waals surface area (Å²) in [6.45, 7) is 6.37. The van der Waals surface area contributed by atoms with Crippen molar-refractivity contribution in [3.05, 3.63) is 41.9 Å². The number of likely N-dealkylation sites (tertiary alicyclic amines) is 1. The number of rotatable bonds is 4. The van der Waals surface area contributed by atoms with Gasteiger partial charge in [0.05, 0.1) is 11.8 Å². The van der Waals surface area contributed by atoms with E-state index >= 15 is 0 Å². The summed E-state index contributed by atoms with van der Waals surface area (Å²) < 4.78 is 39.8. The van der Waals surface area contributed by atoms with Crippen LogP contribution in [0.5, 0.6) is 0 Å². The second kappa shape index (κ2) is 8.52. The number of ether oxygens (including phenoxy) is 1. The number of amides is 2. The van der Waals surface area contributed by atoms with E-state index in [0.717, 1.165) is 31.4 Å². The molecule has 1 saturated carbocycles. The van der Waals surface area contributed by atoms with Gasteiger partial charge in [0, 0.05) is 30.7 Å². The SMILES string of the molecule is CC(C)(C)OC(=O)N1CCC(N(C(=O)c2cc(F)c(-c3cnco3)c(F)c2)C2CC2)CC1. The third-order valence-electron chi connectivity index (χ3n) is 5.65. The molecule has 1 saturated heterocycles. The maximum Gasteiger partial charge on any atom is 0.410 e. The fourth-order valence-electron chi connectivity index (χ4n) is 4.06. The minimum Gasteiger partial charge on any atom is -0.444 e. The highest BCUT2D eigenvalue weighted by atomic mass is 19.1. The molecule has 0 bridgehead atoms. The minimum absolute atomic E-state index is 0.0347. The maximum atomic E-state index is 14.7. The van der Waals surface area contributed by atoms with E-state index in [-0.39, 0.29) is 35.1 Å². The number of piperidine rings is 1. The first-order chi connectivity index (χ1) is 15.1. The number of carbonyl (C=O) groups is 2. The molecule has 0 atom stereocenters. The van der Waals surface area contributed by atoms with Crippen LogP contribution in [0.2, 0.25) is 0 Å². The van der Waals surface area contributed by atoms with Crippen LogP contribution in [0.1, 0.15) is 56.8 Å². The first kappa shape index (κ1) is 22.2. The Bertz CT molecular complexity index is 968. The lowest BCUT2D eigenvalue weighted by Gasteiger charge is -2.39. The van der Waals surface area contributed by atoms with Crippen molar-refractivity contribution in [2.24, 2.45) is 0 Å². The molecule has 1 aliphatic heterocycles. The quantitative estimate of drug-likeness (QED) is 0.683. The van der Waals surface area contributed by atoms with Crippen LogP contribution < -0.4 is 0 Å². The molecule has 0 N–H and O–H groups in total. The second-order valence-corrected chi connectivity index (χ2v) is 9.32. The molecule has 32 heavy (non-hydrogen) atoms. The summed E-state index contributed by atoms with van der Waals surface area (Å²) in [6, 6.07) is 2.05. The van der Waals surface area contributed by atoms with E-state index in [0.29, 0.717) is 25.9 Å². The van der Waals surface area contributed by atoms with Gasteiger partial charge in [-0.2, -0.15) is 0 Å². The normalized spacial score (nSPS) is 17.3. The third kappa shape index (κ3) is 4.76. The van der Waals surface area contributed by atoms with Crippen molar-refractivity contribution in [1.29, 1.82) is 0 Å². The van der Waals surface area contributed by atoms with Crippen LogP contribution in [-0.2, 0) is 4.74 Å². The average molecular weight is 447 g/mol. The summed E-state index contributed by atoms with van der Waals surface area (Å²) in [4.78, 5) is 32.7. The number of oxazole rings is 1. The Morgan fingerprint density at radius 3 is 2.19 bits per heavy atom. The molecular weight excluding hydrogens is 420 g/mol. The van der Waals surface area contributed by atoms with E-state index in [1.54, 1.807) is 9.80 Å². The van der Waals surface area contributed by atoms with Crippen molar-refractivity contribution in [1.82, 2.24) is 14.8 Å². The maximum absolute atomic E-state index is 14.7. The highest BCUT2D eigenvalue weighted by Gasteiger charge is 2.40. The summed E-state index contributed by atoms with van der Waals surface area (Å²) in [5.41, 5.74) is -0.955. The number of hydrogen-bond donors (Lipinski definition) is 0. The van der Waals surface area contributed by atoms with E-state index in [4.69, 9.17) is 9.15 Å². The Morgan fingerprint density at radius 1 is 1.09 bits per heavy atom. The molecule has 4 rings (SSSR count). The van der Waals surface area contributed by atoms with Gasteiger partial charge in [0.15, 0.2) is 12.2 Å². The topological polar surface area (TPSA) is 75.9 Å². The van der Waals surface area contributed by atoms with E-state index < -0.39 is 23.1 Å². The molecule has 2 amide bonds. The average Bonchev–Trinajstić information content (AvgIpc) is 3.40. The van der Waals surface area contributed by atoms with Crippen molar-refractivity contribution < 1.29 is 27.5 Å². The lowest BCUT2D eigenvalue weighted by Crippen LogP contribution is -2.50. The fraction of sp³-hybridized carbons (Fsp3) is 0.522. The smallest absolute Gasteiger partial charge is 0.410 e. The van der Waals surface area contributed by atoms with Gasteiger partial charge in [-0.05, 0) is 58.6 Å². The second-order valence-electron chi connectivity index (χ2n) is 9.32. The summed E-state index contributed by atoms with van der Waals surface area (Å²) in [7, 11) is 0. The molecule has 2 aliphatic rings. The number of hydrogen-bond acceptors (Lipinski definition) is 5. The van der Waals surface area contributed by atoms with Gasteiger partial charge >= 0.3 is 6.09 Å². The minimum atomic E-state index is -0.874. The highest BCUT2D eigenvalue weighted by Crippen LogP contribution is 2.35. The molecule has 0 radical (unpaired) electrons. The molecule has 2 aromatic rings. The Balaban J connectivity index is 1.48.